The lowest BCUT2D eigenvalue weighted by molar-refractivity contribution is -0.122. The molecule has 0 heterocycles. The third-order valence-electron chi connectivity index (χ3n) is 3.76. The van der Waals surface area contributed by atoms with Gasteiger partial charge in [0.2, 0.25) is 5.91 Å². The van der Waals surface area contributed by atoms with Gasteiger partial charge in [0.15, 0.2) is 0 Å². The Labute approximate surface area is 141 Å². The molecule has 108 valence electrons. The van der Waals surface area contributed by atoms with Crippen molar-refractivity contribution in [2.75, 3.05) is 0 Å². The van der Waals surface area contributed by atoms with Gasteiger partial charge in [-0.25, -0.2) is 0 Å². The standard InChI is InChI=1S/C17H15Br2NO/c18-13-5-1-3-11(7-13)10-20-17(21)16-9-15(16)12-4-2-6-14(19)8-12/h1-8,15-16H,9-10H2,(H,20,21). The second kappa shape index (κ2) is 6.32. The highest BCUT2D eigenvalue weighted by Gasteiger charge is 2.43. The van der Waals surface area contributed by atoms with Crippen LogP contribution in [0.25, 0.3) is 0 Å². The van der Waals surface area contributed by atoms with Gasteiger partial charge in [0, 0.05) is 21.4 Å². The molecule has 0 aromatic heterocycles. The van der Waals surface area contributed by atoms with Gasteiger partial charge in [0.1, 0.15) is 0 Å². The summed E-state index contributed by atoms with van der Waals surface area (Å²) in [5.74, 6) is 0.636. The number of benzene rings is 2. The van der Waals surface area contributed by atoms with Gasteiger partial charge in [0.05, 0.1) is 0 Å². The minimum absolute atomic E-state index is 0.117. The Balaban J connectivity index is 1.56. The lowest BCUT2D eigenvalue weighted by Gasteiger charge is -2.06. The maximum atomic E-state index is 12.2. The molecule has 2 aromatic rings. The van der Waals surface area contributed by atoms with E-state index in [1.807, 2.05) is 36.4 Å². The van der Waals surface area contributed by atoms with E-state index in [2.05, 4.69) is 49.3 Å². The lowest BCUT2D eigenvalue weighted by Crippen LogP contribution is -2.24. The Hall–Kier alpha value is -1.13. The van der Waals surface area contributed by atoms with Crippen molar-refractivity contribution in [3.63, 3.8) is 0 Å². The van der Waals surface area contributed by atoms with E-state index in [1.54, 1.807) is 0 Å². The molecule has 3 rings (SSSR count). The van der Waals surface area contributed by atoms with Crippen molar-refractivity contribution in [3.8, 4) is 0 Å². The van der Waals surface area contributed by atoms with E-state index < -0.39 is 0 Å². The number of carbonyl (C=O) groups is 1. The predicted molar refractivity (Wildman–Crippen MR) is 91.0 cm³/mol. The first-order valence-electron chi connectivity index (χ1n) is 6.91. The quantitative estimate of drug-likeness (QED) is 0.784. The molecule has 1 fully saturated rings. The number of hydrogen-bond acceptors (Lipinski definition) is 1. The van der Waals surface area contributed by atoms with Crippen LogP contribution in [0.2, 0.25) is 0 Å². The second-order valence-electron chi connectivity index (χ2n) is 5.35. The molecule has 1 amide bonds. The third-order valence-corrected chi connectivity index (χ3v) is 4.75. The summed E-state index contributed by atoms with van der Waals surface area (Å²) in [5.41, 5.74) is 2.35. The largest absolute Gasteiger partial charge is 0.352 e. The molecule has 1 aliphatic rings. The molecule has 0 aliphatic heterocycles. The van der Waals surface area contributed by atoms with Crippen LogP contribution in [-0.4, -0.2) is 5.91 Å². The van der Waals surface area contributed by atoms with Gasteiger partial charge in [-0.05, 0) is 47.7 Å². The van der Waals surface area contributed by atoms with E-state index in [-0.39, 0.29) is 11.8 Å². The fourth-order valence-electron chi connectivity index (χ4n) is 2.56. The smallest absolute Gasteiger partial charge is 0.224 e. The zero-order chi connectivity index (χ0) is 14.8. The highest BCUT2D eigenvalue weighted by atomic mass is 79.9. The minimum Gasteiger partial charge on any atom is -0.352 e. The van der Waals surface area contributed by atoms with Gasteiger partial charge in [-0.2, -0.15) is 0 Å². The van der Waals surface area contributed by atoms with Crippen molar-refractivity contribution in [1.82, 2.24) is 5.32 Å². The molecule has 0 saturated heterocycles. The van der Waals surface area contributed by atoms with Crippen LogP contribution in [0.5, 0.6) is 0 Å². The molecule has 2 unspecified atom stereocenters. The van der Waals surface area contributed by atoms with Gasteiger partial charge in [-0.15, -0.1) is 0 Å². The monoisotopic (exact) mass is 407 g/mol. The van der Waals surface area contributed by atoms with Crippen molar-refractivity contribution in [2.45, 2.75) is 18.9 Å². The molecule has 21 heavy (non-hydrogen) atoms. The first-order chi connectivity index (χ1) is 10.1. The van der Waals surface area contributed by atoms with Crippen LogP contribution in [-0.2, 0) is 11.3 Å². The molecular formula is C17H15Br2NO. The van der Waals surface area contributed by atoms with Crippen molar-refractivity contribution >= 4 is 37.8 Å². The van der Waals surface area contributed by atoms with E-state index in [4.69, 9.17) is 0 Å². The highest BCUT2D eigenvalue weighted by molar-refractivity contribution is 9.10. The average Bonchev–Trinajstić information content (AvgIpc) is 3.25. The lowest BCUT2D eigenvalue weighted by atomic mass is 10.1. The number of halogens is 2. The molecule has 1 N–H and O–H groups in total. The Kier molecular flexibility index (Phi) is 4.45. The highest BCUT2D eigenvalue weighted by Crippen LogP contribution is 2.47. The van der Waals surface area contributed by atoms with Gasteiger partial charge in [-0.1, -0.05) is 56.1 Å². The van der Waals surface area contributed by atoms with Gasteiger partial charge < -0.3 is 5.32 Å². The summed E-state index contributed by atoms with van der Waals surface area (Å²) in [6.07, 6.45) is 0.945. The van der Waals surface area contributed by atoms with E-state index in [1.165, 1.54) is 5.56 Å². The van der Waals surface area contributed by atoms with Gasteiger partial charge in [0.25, 0.3) is 0 Å². The molecule has 1 aliphatic carbocycles. The van der Waals surface area contributed by atoms with Crippen LogP contribution < -0.4 is 5.32 Å². The number of amides is 1. The number of nitrogens with one attached hydrogen (secondary N) is 1. The van der Waals surface area contributed by atoms with Crippen molar-refractivity contribution in [2.24, 2.45) is 5.92 Å². The fourth-order valence-corrected chi connectivity index (χ4v) is 3.42. The first-order valence-corrected chi connectivity index (χ1v) is 8.50. The topological polar surface area (TPSA) is 29.1 Å². The molecule has 4 heteroatoms. The normalized spacial score (nSPS) is 20.1. The Morgan fingerprint density at radius 3 is 2.52 bits per heavy atom. The molecule has 0 spiro atoms. The molecular weight excluding hydrogens is 394 g/mol. The summed E-state index contributed by atoms with van der Waals surface area (Å²) in [4.78, 5) is 12.2. The summed E-state index contributed by atoms with van der Waals surface area (Å²) in [7, 11) is 0. The summed E-state index contributed by atoms with van der Waals surface area (Å²) in [6, 6.07) is 16.2. The summed E-state index contributed by atoms with van der Waals surface area (Å²) < 4.78 is 2.10. The van der Waals surface area contributed by atoms with Crippen LogP contribution in [0.15, 0.2) is 57.5 Å². The predicted octanol–water partition coefficient (Wildman–Crippen LogP) is 4.63. The Morgan fingerprint density at radius 2 is 1.81 bits per heavy atom. The summed E-state index contributed by atoms with van der Waals surface area (Å²) in [5, 5.41) is 3.03. The summed E-state index contributed by atoms with van der Waals surface area (Å²) >= 11 is 6.92. The molecule has 2 atom stereocenters. The molecule has 2 nitrogen and oxygen atoms in total. The van der Waals surface area contributed by atoms with E-state index in [0.717, 1.165) is 20.9 Å². The van der Waals surface area contributed by atoms with Crippen molar-refractivity contribution in [3.05, 3.63) is 68.6 Å². The first kappa shape index (κ1) is 14.8. The minimum atomic E-state index is 0.117. The maximum absolute atomic E-state index is 12.2. The Morgan fingerprint density at radius 1 is 1.10 bits per heavy atom. The van der Waals surface area contributed by atoms with Crippen molar-refractivity contribution < 1.29 is 4.79 Å². The number of hydrogen-bond donors (Lipinski definition) is 1. The Bertz CT molecular complexity index is 671. The van der Waals surface area contributed by atoms with E-state index in [9.17, 15) is 4.79 Å². The molecule has 1 saturated carbocycles. The second-order valence-corrected chi connectivity index (χ2v) is 7.18. The molecule has 0 bridgehead atoms. The third kappa shape index (κ3) is 3.74. The zero-order valence-electron chi connectivity index (χ0n) is 11.4. The van der Waals surface area contributed by atoms with Crippen LogP contribution in [0.1, 0.15) is 23.5 Å². The molecule has 2 aromatic carbocycles. The maximum Gasteiger partial charge on any atom is 0.224 e. The van der Waals surface area contributed by atoms with E-state index >= 15 is 0 Å². The van der Waals surface area contributed by atoms with Gasteiger partial charge in [-0.3, -0.25) is 4.79 Å². The SMILES string of the molecule is O=C(NCc1cccc(Br)c1)C1CC1c1cccc(Br)c1. The number of rotatable bonds is 4. The van der Waals surface area contributed by atoms with Crippen LogP contribution in [0.4, 0.5) is 0 Å². The summed E-state index contributed by atoms with van der Waals surface area (Å²) in [6.45, 7) is 0.583. The number of carbonyl (C=O) groups excluding carboxylic acids is 1. The van der Waals surface area contributed by atoms with Crippen LogP contribution in [0, 0.1) is 5.92 Å². The average molecular weight is 409 g/mol. The van der Waals surface area contributed by atoms with Crippen LogP contribution in [0.3, 0.4) is 0 Å². The van der Waals surface area contributed by atoms with Gasteiger partial charge >= 0.3 is 0 Å². The van der Waals surface area contributed by atoms with E-state index in [0.29, 0.717) is 12.5 Å². The fraction of sp³-hybridized carbons (Fsp3) is 0.235. The van der Waals surface area contributed by atoms with Crippen LogP contribution >= 0.6 is 31.9 Å². The van der Waals surface area contributed by atoms with Crippen molar-refractivity contribution in [1.29, 1.82) is 0 Å². The molecule has 0 radical (unpaired) electrons. The zero-order valence-corrected chi connectivity index (χ0v) is 14.5.